The molecule has 0 radical (unpaired) electrons. The van der Waals surface area contributed by atoms with Crippen LogP contribution in [0.15, 0.2) is 46.8 Å². The molecule has 0 aliphatic carbocycles. The highest BCUT2D eigenvalue weighted by Gasteiger charge is 2.20. The molecule has 1 saturated heterocycles. The molecule has 5 nitrogen and oxygen atoms in total. The van der Waals surface area contributed by atoms with Gasteiger partial charge in [0.15, 0.2) is 5.96 Å². The number of benzene rings is 1. The van der Waals surface area contributed by atoms with Gasteiger partial charge in [-0.05, 0) is 61.4 Å². The van der Waals surface area contributed by atoms with E-state index in [-0.39, 0.29) is 0 Å². The summed E-state index contributed by atoms with van der Waals surface area (Å²) in [6.45, 7) is 8.67. The van der Waals surface area contributed by atoms with E-state index in [0.717, 1.165) is 57.2 Å². The highest BCUT2D eigenvalue weighted by molar-refractivity contribution is 7.14. The number of hydrogen-bond donors (Lipinski definition) is 2. The van der Waals surface area contributed by atoms with Crippen LogP contribution in [0.4, 0.5) is 5.00 Å². The molecule has 0 spiro atoms. The molecule has 0 atom stereocenters. The van der Waals surface area contributed by atoms with Crippen molar-refractivity contribution in [2.75, 3.05) is 31.1 Å². The van der Waals surface area contributed by atoms with Gasteiger partial charge >= 0.3 is 0 Å². The molecule has 2 heterocycles. The Balaban J connectivity index is 1.53. The fraction of sp³-hybridized carbons (Fsp3) is 0.500. The molecule has 0 bridgehead atoms. The minimum Gasteiger partial charge on any atom is -0.494 e. The Labute approximate surface area is 172 Å². The Morgan fingerprint density at radius 1 is 1.21 bits per heavy atom. The van der Waals surface area contributed by atoms with Crippen LogP contribution in [0.2, 0.25) is 0 Å². The molecule has 28 heavy (non-hydrogen) atoms. The van der Waals surface area contributed by atoms with Crippen LogP contribution in [0.3, 0.4) is 0 Å². The van der Waals surface area contributed by atoms with Crippen molar-refractivity contribution >= 4 is 22.3 Å². The van der Waals surface area contributed by atoms with Gasteiger partial charge in [-0.1, -0.05) is 19.1 Å². The minimum atomic E-state index is 0.466. The van der Waals surface area contributed by atoms with Crippen molar-refractivity contribution in [3.05, 3.63) is 47.3 Å². The third-order valence-corrected chi connectivity index (χ3v) is 5.72. The van der Waals surface area contributed by atoms with Gasteiger partial charge in [0.1, 0.15) is 5.75 Å². The summed E-state index contributed by atoms with van der Waals surface area (Å²) in [6, 6.07) is 13.0. The summed E-state index contributed by atoms with van der Waals surface area (Å²) in [5.41, 5.74) is 1.17. The van der Waals surface area contributed by atoms with Crippen molar-refractivity contribution in [1.82, 2.24) is 10.6 Å². The zero-order chi connectivity index (χ0) is 19.6. The van der Waals surface area contributed by atoms with Crippen molar-refractivity contribution in [2.45, 2.75) is 45.7 Å². The number of nitrogens with zero attached hydrogens (tertiary/aromatic N) is 2. The van der Waals surface area contributed by atoms with Crippen molar-refractivity contribution < 1.29 is 4.74 Å². The summed E-state index contributed by atoms with van der Waals surface area (Å²) in [5.74, 6) is 1.82. The predicted molar refractivity (Wildman–Crippen MR) is 120 cm³/mol. The van der Waals surface area contributed by atoms with Crippen LogP contribution >= 0.6 is 11.3 Å². The topological polar surface area (TPSA) is 48.9 Å². The van der Waals surface area contributed by atoms with Crippen LogP contribution in [0.1, 0.15) is 38.7 Å². The molecular weight excluding hydrogens is 368 g/mol. The highest BCUT2D eigenvalue weighted by Crippen LogP contribution is 2.24. The quantitative estimate of drug-likeness (QED) is 0.513. The monoisotopic (exact) mass is 400 g/mol. The van der Waals surface area contributed by atoms with Crippen LogP contribution in [0.5, 0.6) is 5.75 Å². The zero-order valence-electron chi connectivity index (χ0n) is 17.0. The summed E-state index contributed by atoms with van der Waals surface area (Å²) in [4.78, 5) is 7.28. The van der Waals surface area contributed by atoms with Gasteiger partial charge in [0, 0.05) is 25.7 Å². The summed E-state index contributed by atoms with van der Waals surface area (Å²) < 4.78 is 5.73. The van der Waals surface area contributed by atoms with Gasteiger partial charge in [0.05, 0.1) is 18.2 Å². The lowest BCUT2D eigenvalue weighted by Gasteiger charge is -2.33. The summed E-state index contributed by atoms with van der Waals surface area (Å²) in [6.07, 6.45) is 3.27. The van der Waals surface area contributed by atoms with Crippen molar-refractivity contribution in [1.29, 1.82) is 0 Å². The Morgan fingerprint density at radius 3 is 2.79 bits per heavy atom. The minimum absolute atomic E-state index is 0.466. The Morgan fingerprint density at radius 2 is 2.07 bits per heavy atom. The normalized spacial score (nSPS) is 15.5. The summed E-state index contributed by atoms with van der Waals surface area (Å²) in [7, 11) is 0. The van der Waals surface area contributed by atoms with E-state index in [9.17, 15) is 0 Å². The first kappa shape index (κ1) is 20.5. The fourth-order valence-corrected chi connectivity index (χ4v) is 4.12. The maximum absolute atomic E-state index is 5.73. The van der Waals surface area contributed by atoms with Gasteiger partial charge in [-0.3, -0.25) is 0 Å². The second-order valence-electron chi connectivity index (χ2n) is 7.05. The van der Waals surface area contributed by atoms with E-state index in [1.54, 1.807) is 0 Å². The van der Waals surface area contributed by atoms with Crippen molar-refractivity contribution in [3.63, 3.8) is 0 Å². The van der Waals surface area contributed by atoms with E-state index >= 15 is 0 Å². The van der Waals surface area contributed by atoms with E-state index in [1.807, 2.05) is 23.5 Å². The number of thiophene rings is 1. The standard InChI is InChI=1S/C22H32N4OS/c1-3-14-27-20-8-5-7-18(16-20)17-24-22(23-4-2)25-19-10-12-26(13-11-19)21-9-6-15-28-21/h5-9,15-16,19H,3-4,10-14,17H2,1-2H3,(H2,23,24,25). The average Bonchev–Trinajstić information content (AvgIpc) is 3.26. The van der Waals surface area contributed by atoms with Gasteiger partial charge in [0.25, 0.3) is 0 Å². The maximum Gasteiger partial charge on any atom is 0.191 e. The Kier molecular flexibility index (Phi) is 8.03. The van der Waals surface area contributed by atoms with E-state index < -0.39 is 0 Å². The average molecular weight is 401 g/mol. The van der Waals surface area contributed by atoms with E-state index in [4.69, 9.17) is 9.73 Å². The molecule has 0 saturated carbocycles. The van der Waals surface area contributed by atoms with Crippen LogP contribution in [0.25, 0.3) is 0 Å². The molecule has 0 unspecified atom stereocenters. The number of anilines is 1. The largest absolute Gasteiger partial charge is 0.494 e. The first-order chi connectivity index (χ1) is 13.8. The SMILES string of the molecule is CCCOc1cccc(CN=C(NCC)NC2CCN(c3cccs3)CC2)c1. The molecule has 1 aromatic heterocycles. The molecular formula is C22H32N4OS. The van der Waals surface area contributed by atoms with Gasteiger partial charge in [-0.2, -0.15) is 0 Å². The van der Waals surface area contributed by atoms with Crippen molar-refractivity contribution in [2.24, 2.45) is 4.99 Å². The van der Waals surface area contributed by atoms with Crippen molar-refractivity contribution in [3.8, 4) is 5.75 Å². The van der Waals surface area contributed by atoms with Gasteiger partial charge in [0.2, 0.25) is 0 Å². The summed E-state index contributed by atoms with van der Waals surface area (Å²) in [5, 5.41) is 10.5. The molecule has 1 aliphatic rings. The fourth-order valence-electron chi connectivity index (χ4n) is 3.33. The number of aliphatic imine (C=N–C) groups is 1. The smallest absolute Gasteiger partial charge is 0.191 e. The second kappa shape index (κ2) is 11.0. The van der Waals surface area contributed by atoms with Gasteiger partial charge in [-0.25, -0.2) is 4.99 Å². The highest BCUT2D eigenvalue weighted by atomic mass is 32.1. The first-order valence-corrected chi connectivity index (χ1v) is 11.2. The van der Waals surface area contributed by atoms with E-state index in [2.05, 4.69) is 59.0 Å². The van der Waals surface area contributed by atoms with Crippen LogP contribution in [0, 0.1) is 0 Å². The second-order valence-corrected chi connectivity index (χ2v) is 7.97. The van der Waals surface area contributed by atoms with Crippen LogP contribution < -0.4 is 20.3 Å². The molecule has 6 heteroatoms. The van der Waals surface area contributed by atoms with Gasteiger partial charge in [-0.15, -0.1) is 11.3 Å². The third-order valence-electron chi connectivity index (χ3n) is 4.79. The Hall–Kier alpha value is -2.21. The number of ether oxygens (including phenoxy) is 1. The lowest BCUT2D eigenvalue weighted by atomic mass is 10.1. The number of guanidine groups is 1. The molecule has 1 aromatic carbocycles. The van der Waals surface area contributed by atoms with Crippen LogP contribution in [-0.4, -0.2) is 38.2 Å². The molecule has 2 N–H and O–H groups in total. The number of hydrogen-bond acceptors (Lipinski definition) is 4. The number of piperidine rings is 1. The molecule has 152 valence electrons. The summed E-state index contributed by atoms with van der Waals surface area (Å²) >= 11 is 1.82. The molecule has 2 aromatic rings. The number of nitrogens with one attached hydrogen (secondary N) is 2. The third kappa shape index (κ3) is 6.16. The first-order valence-electron chi connectivity index (χ1n) is 10.3. The molecule has 3 rings (SSSR count). The van der Waals surface area contributed by atoms with Gasteiger partial charge < -0.3 is 20.3 Å². The van der Waals surface area contributed by atoms with E-state index in [1.165, 1.54) is 10.6 Å². The molecule has 0 amide bonds. The molecule has 1 aliphatic heterocycles. The van der Waals surface area contributed by atoms with Crippen LogP contribution in [-0.2, 0) is 6.54 Å². The zero-order valence-corrected chi connectivity index (χ0v) is 17.8. The lowest BCUT2D eigenvalue weighted by molar-refractivity contribution is 0.317. The molecule has 1 fully saturated rings. The number of rotatable bonds is 8. The Bertz CT molecular complexity index is 724. The van der Waals surface area contributed by atoms with E-state index in [0.29, 0.717) is 12.6 Å². The lowest BCUT2D eigenvalue weighted by Crippen LogP contribution is -2.48. The maximum atomic E-state index is 5.73. The predicted octanol–water partition coefficient (Wildman–Crippen LogP) is 4.26.